The molecule has 0 aliphatic heterocycles. The number of unbranched alkanes of at least 4 members (excludes halogenated alkanes) is 1. The van der Waals surface area contributed by atoms with Crippen molar-refractivity contribution in [3.05, 3.63) is 41.5 Å². The Hall–Kier alpha value is -2.30. The van der Waals surface area contributed by atoms with Crippen molar-refractivity contribution in [1.29, 1.82) is 0 Å². The number of hydrogen-bond donors (Lipinski definition) is 1. The third-order valence-corrected chi connectivity index (χ3v) is 4.36. The number of ketones is 1. The summed E-state index contributed by atoms with van der Waals surface area (Å²) in [4.78, 5) is 23.7. The fourth-order valence-electron chi connectivity index (χ4n) is 3.20. The molecule has 1 aliphatic carbocycles. The molecule has 0 spiro atoms. The molecule has 27 heavy (non-hydrogen) atoms. The first-order valence-corrected chi connectivity index (χ1v) is 9.70. The number of ether oxygens (including phenoxy) is 2. The van der Waals surface area contributed by atoms with E-state index in [0.29, 0.717) is 26.0 Å². The maximum absolute atomic E-state index is 12.1. The van der Waals surface area contributed by atoms with Crippen molar-refractivity contribution in [2.24, 2.45) is 0 Å². The van der Waals surface area contributed by atoms with Crippen LogP contribution in [0, 0.1) is 0 Å². The van der Waals surface area contributed by atoms with Crippen LogP contribution in [0.3, 0.4) is 0 Å². The average molecular weight is 373 g/mol. The second-order valence-corrected chi connectivity index (χ2v) is 7.82. The zero-order valence-electron chi connectivity index (χ0n) is 16.7. The van der Waals surface area contributed by atoms with Crippen LogP contribution < -0.4 is 10.1 Å². The van der Waals surface area contributed by atoms with Crippen LogP contribution in [0.2, 0.25) is 0 Å². The minimum absolute atomic E-state index is 0.223. The van der Waals surface area contributed by atoms with Crippen molar-refractivity contribution >= 4 is 11.9 Å². The first-order chi connectivity index (χ1) is 12.8. The number of benzene rings is 1. The summed E-state index contributed by atoms with van der Waals surface area (Å²) in [6.45, 7) is 10.5. The summed E-state index contributed by atoms with van der Waals surface area (Å²) < 4.78 is 11.2. The lowest BCUT2D eigenvalue weighted by atomic mass is 9.86. The Kier molecular flexibility index (Phi) is 7.45. The molecule has 0 heterocycles. The van der Waals surface area contributed by atoms with E-state index in [9.17, 15) is 9.59 Å². The molecular weight excluding hydrogens is 342 g/mol. The first-order valence-electron chi connectivity index (χ1n) is 9.70. The molecule has 0 bridgehead atoms. The summed E-state index contributed by atoms with van der Waals surface area (Å²) in [5, 5.41) is 2.75. The highest BCUT2D eigenvalue weighted by atomic mass is 16.6. The van der Waals surface area contributed by atoms with Gasteiger partial charge < -0.3 is 14.8 Å². The van der Waals surface area contributed by atoms with Gasteiger partial charge in [-0.25, -0.2) is 4.79 Å². The largest absolute Gasteiger partial charge is 0.493 e. The van der Waals surface area contributed by atoms with Crippen LogP contribution >= 0.6 is 0 Å². The van der Waals surface area contributed by atoms with Crippen molar-refractivity contribution in [3.63, 3.8) is 0 Å². The molecule has 0 aromatic heterocycles. The maximum atomic E-state index is 12.1. The summed E-state index contributed by atoms with van der Waals surface area (Å²) in [6.07, 6.45) is 6.23. The zero-order chi connectivity index (χ0) is 19.9. The number of nitrogens with one attached hydrogen (secondary N) is 1. The highest BCUT2D eigenvalue weighted by Gasteiger charge is 2.22. The van der Waals surface area contributed by atoms with Gasteiger partial charge in [0, 0.05) is 24.1 Å². The van der Waals surface area contributed by atoms with Gasteiger partial charge in [0.05, 0.1) is 6.61 Å². The molecule has 1 N–H and O–H groups in total. The SMILES string of the molecule is C=CCc1c(OCCCCNC(=O)OC(C)(C)C)ccc2c1CCCC2=O. The van der Waals surface area contributed by atoms with E-state index in [2.05, 4.69) is 11.9 Å². The second-order valence-electron chi connectivity index (χ2n) is 7.82. The molecule has 5 nitrogen and oxygen atoms in total. The molecule has 1 aromatic rings. The molecule has 0 saturated heterocycles. The second kappa shape index (κ2) is 9.58. The Labute approximate surface area is 162 Å². The number of fused-ring (bicyclic) bond motifs is 1. The van der Waals surface area contributed by atoms with E-state index in [-0.39, 0.29) is 5.78 Å². The molecule has 1 aromatic carbocycles. The number of Topliss-reactive ketones (excluding diaryl/α,β-unsaturated/α-hetero) is 1. The maximum Gasteiger partial charge on any atom is 0.407 e. The minimum Gasteiger partial charge on any atom is -0.493 e. The van der Waals surface area contributed by atoms with Gasteiger partial charge in [-0.3, -0.25) is 4.79 Å². The van der Waals surface area contributed by atoms with Gasteiger partial charge in [0.25, 0.3) is 0 Å². The number of hydrogen-bond acceptors (Lipinski definition) is 4. The minimum atomic E-state index is -0.484. The molecule has 2 rings (SSSR count). The van der Waals surface area contributed by atoms with Gasteiger partial charge in [-0.1, -0.05) is 6.08 Å². The van der Waals surface area contributed by atoms with Gasteiger partial charge in [0.15, 0.2) is 5.78 Å². The lowest BCUT2D eigenvalue weighted by Crippen LogP contribution is -2.33. The molecule has 0 unspecified atom stereocenters. The number of carbonyl (C=O) groups excluding carboxylic acids is 2. The average Bonchev–Trinajstić information content (AvgIpc) is 2.58. The van der Waals surface area contributed by atoms with Crippen LogP contribution in [0.1, 0.15) is 67.9 Å². The van der Waals surface area contributed by atoms with Gasteiger partial charge in [0.2, 0.25) is 0 Å². The van der Waals surface area contributed by atoms with E-state index < -0.39 is 11.7 Å². The molecule has 1 amide bonds. The van der Waals surface area contributed by atoms with Crippen molar-refractivity contribution in [2.75, 3.05) is 13.2 Å². The van der Waals surface area contributed by atoms with Crippen LogP contribution in [-0.2, 0) is 17.6 Å². The van der Waals surface area contributed by atoms with Crippen LogP contribution in [0.25, 0.3) is 0 Å². The lowest BCUT2D eigenvalue weighted by molar-refractivity contribution is 0.0526. The smallest absolute Gasteiger partial charge is 0.407 e. The molecule has 0 saturated carbocycles. The van der Waals surface area contributed by atoms with Crippen molar-refractivity contribution in [3.8, 4) is 5.75 Å². The predicted molar refractivity (Wildman–Crippen MR) is 107 cm³/mol. The van der Waals surface area contributed by atoms with Crippen molar-refractivity contribution < 1.29 is 19.1 Å². The number of carbonyl (C=O) groups is 2. The number of amides is 1. The number of rotatable bonds is 8. The van der Waals surface area contributed by atoms with Gasteiger partial charge in [-0.2, -0.15) is 0 Å². The fourth-order valence-corrected chi connectivity index (χ4v) is 3.20. The predicted octanol–water partition coefficient (Wildman–Crippen LogP) is 4.62. The summed E-state index contributed by atoms with van der Waals surface area (Å²) in [7, 11) is 0. The van der Waals surface area contributed by atoms with Gasteiger partial charge in [-0.15, -0.1) is 6.58 Å². The number of alkyl carbamates (subject to hydrolysis) is 1. The van der Waals surface area contributed by atoms with E-state index in [1.54, 1.807) is 0 Å². The van der Waals surface area contributed by atoms with Crippen LogP contribution in [0.4, 0.5) is 4.79 Å². The Morgan fingerprint density at radius 1 is 1.26 bits per heavy atom. The Morgan fingerprint density at radius 2 is 2.04 bits per heavy atom. The van der Waals surface area contributed by atoms with Crippen LogP contribution in [0.5, 0.6) is 5.75 Å². The topological polar surface area (TPSA) is 64.6 Å². The Morgan fingerprint density at radius 3 is 2.74 bits per heavy atom. The standard InChI is InChI=1S/C22H31NO4/c1-5-9-18-16-10-8-11-19(24)17(16)12-13-20(18)26-15-7-6-14-23-21(25)27-22(2,3)4/h5,12-13H,1,6-11,14-15H2,2-4H3,(H,23,25). The zero-order valence-corrected chi connectivity index (χ0v) is 16.7. The van der Waals surface area contributed by atoms with E-state index in [0.717, 1.165) is 48.1 Å². The summed E-state index contributed by atoms with van der Waals surface area (Å²) in [5.41, 5.74) is 2.56. The normalized spacial score (nSPS) is 13.7. The first kappa shape index (κ1) is 21.0. The fraction of sp³-hybridized carbons (Fsp3) is 0.545. The summed E-state index contributed by atoms with van der Waals surface area (Å²) in [5.74, 6) is 1.06. The van der Waals surface area contributed by atoms with Crippen LogP contribution in [-0.4, -0.2) is 30.6 Å². The third-order valence-electron chi connectivity index (χ3n) is 4.36. The Bertz CT molecular complexity index is 688. The summed E-state index contributed by atoms with van der Waals surface area (Å²) in [6, 6.07) is 3.79. The molecule has 0 radical (unpaired) electrons. The summed E-state index contributed by atoms with van der Waals surface area (Å²) >= 11 is 0. The third kappa shape index (κ3) is 6.42. The Balaban J connectivity index is 1.83. The molecule has 148 valence electrons. The van der Waals surface area contributed by atoms with E-state index in [4.69, 9.17) is 9.47 Å². The van der Waals surface area contributed by atoms with E-state index >= 15 is 0 Å². The molecule has 5 heteroatoms. The lowest BCUT2D eigenvalue weighted by Gasteiger charge is -2.21. The van der Waals surface area contributed by atoms with Crippen molar-refractivity contribution in [2.45, 2.75) is 64.9 Å². The molecular formula is C22H31NO4. The van der Waals surface area contributed by atoms with Gasteiger partial charge >= 0.3 is 6.09 Å². The van der Waals surface area contributed by atoms with E-state index in [1.807, 2.05) is 39.0 Å². The van der Waals surface area contributed by atoms with Gasteiger partial charge in [0.1, 0.15) is 11.4 Å². The molecule has 0 atom stereocenters. The highest BCUT2D eigenvalue weighted by Crippen LogP contribution is 2.32. The molecule has 0 fully saturated rings. The van der Waals surface area contributed by atoms with Crippen molar-refractivity contribution in [1.82, 2.24) is 5.32 Å². The molecule has 1 aliphatic rings. The van der Waals surface area contributed by atoms with Gasteiger partial charge in [-0.05, 0) is 70.6 Å². The number of allylic oxidation sites excluding steroid dienone is 1. The quantitative estimate of drug-likeness (QED) is 0.533. The highest BCUT2D eigenvalue weighted by molar-refractivity contribution is 5.99. The monoisotopic (exact) mass is 373 g/mol. The van der Waals surface area contributed by atoms with Crippen LogP contribution in [0.15, 0.2) is 24.8 Å². The van der Waals surface area contributed by atoms with E-state index in [1.165, 1.54) is 0 Å².